The number of hydrogen-bond donors (Lipinski definition) is 7. The smallest absolute Gasteiger partial charge is 0.220 e. The lowest BCUT2D eigenvalue weighted by Crippen LogP contribution is -2.41. The number of carbonyl (C=O) groups excluding carboxylic acids is 2. The predicted octanol–water partition coefficient (Wildman–Crippen LogP) is 13.3. The Morgan fingerprint density at radius 2 is 0.685 bits per heavy atom. The second-order valence-electron chi connectivity index (χ2n) is 38.1. The molecular formula is C107H135N9O26Si4. The topological polar surface area (TPSA) is 429 Å². The van der Waals surface area contributed by atoms with E-state index < -0.39 is 39.3 Å². The summed E-state index contributed by atoms with van der Waals surface area (Å²) < 4.78 is 92.8. The van der Waals surface area contributed by atoms with Crippen LogP contribution in [0.4, 0.5) is 0 Å². The van der Waals surface area contributed by atoms with Crippen LogP contribution in [0.25, 0.3) is 44.5 Å². The highest BCUT2D eigenvalue weighted by Gasteiger charge is 2.38. The second kappa shape index (κ2) is 48.6. The zero-order valence-electron chi connectivity index (χ0n) is 87.6. The number of fused-ring (bicyclic) bond motifs is 12. The van der Waals surface area contributed by atoms with Gasteiger partial charge >= 0.3 is 0 Å². The van der Waals surface area contributed by atoms with Crippen molar-refractivity contribution in [1.29, 1.82) is 0 Å². The van der Waals surface area contributed by atoms with Gasteiger partial charge in [-0.2, -0.15) is 0 Å². The van der Waals surface area contributed by atoms with Gasteiger partial charge in [-0.25, -0.2) is 9.36 Å². The molecule has 0 spiro atoms. The summed E-state index contributed by atoms with van der Waals surface area (Å²) in [6.45, 7) is 15.8. The molecule has 0 bridgehead atoms. The second-order valence-corrected chi connectivity index (χ2v) is 53.8. The molecule has 11 aromatic rings. The summed E-state index contributed by atoms with van der Waals surface area (Å²) in [5, 5.41) is 28.0. The van der Waals surface area contributed by atoms with Crippen LogP contribution in [-0.4, -0.2) is 215 Å². The van der Waals surface area contributed by atoms with Gasteiger partial charge in [0.2, 0.25) is 64.8 Å². The number of amides is 2. The van der Waals surface area contributed by atoms with Gasteiger partial charge in [-0.15, -0.1) is 10.2 Å². The van der Waals surface area contributed by atoms with Gasteiger partial charge in [-0.3, -0.25) is 28.8 Å². The largest absolute Gasteiger partial charge is 0.493 e. The highest BCUT2D eigenvalue weighted by molar-refractivity contribution is 6.83. The first-order chi connectivity index (χ1) is 69.6. The molecule has 2 amide bonds. The molecule has 15 rings (SSSR count). The lowest BCUT2D eigenvalue weighted by atomic mass is 9.96. The Labute approximate surface area is 854 Å². The number of nitrogens with zero attached hydrogens (tertiary/aromatic N) is 6. The molecule has 4 aliphatic carbocycles. The Hall–Kier alpha value is -13.7. The normalized spacial score (nSPS) is 14.7. The third-order valence-electron chi connectivity index (χ3n) is 26.1. The number of benzene rings is 5. The number of hydrogen-bond acceptors (Lipinski definition) is 31. The van der Waals surface area contributed by atoms with Gasteiger partial charge in [0.15, 0.2) is 93.9 Å². The van der Waals surface area contributed by atoms with E-state index in [1.54, 1.807) is 150 Å². The minimum absolute atomic E-state index is 0.0692. The van der Waals surface area contributed by atoms with Crippen molar-refractivity contribution in [3.8, 4) is 136 Å². The van der Waals surface area contributed by atoms with Crippen LogP contribution in [0, 0.1) is 0 Å². The predicted molar refractivity (Wildman–Crippen MR) is 567 cm³/mol. The molecule has 0 saturated carbocycles. The third-order valence-corrected chi connectivity index (χ3v) is 31.7. The van der Waals surface area contributed by atoms with Crippen molar-refractivity contribution < 1.29 is 105 Å². The molecule has 780 valence electrons. The van der Waals surface area contributed by atoms with Crippen LogP contribution in [0.2, 0.25) is 64.5 Å². The number of rotatable bonds is 33. The summed E-state index contributed by atoms with van der Waals surface area (Å²) >= 11 is 0. The molecule has 2 aromatic heterocycles. The lowest BCUT2D eigenvalue weighted by molar-refractivity contribution is -0.121. The summed E-state index contributed by atoms with van der Waals surface area (Å²) in [6, 6.07) is 36.1. The minimum atomic E-state index is -2.60. The van der Waals surface area contributed by atoms with E-state index in [0.717, 1.165) is 119 Å². The fraction of sp³-hybridized carbons (Fsp3) is 0.402. The summed E-state index contributed by atoms with van der Waals surface area (Å²) in [4.78, 5) is 118. The van der Waals surface area contributed by atoms with E-state index in [1.807, 2.05) is 124 Å². The number of nitrogens with one attached hydrogen (secondary N) is 3. The molecule has 35 nitrogen and oxygen atoms in total. The Kier molecular flexibility index (Phi) is 37.0. The highest BCUT2D eigenvalue weighted by Crippen LogP contribution is 2.55. The molecule has 0 radical (unpaired) electrons. The van der Waals surface area contributed by atoms with E-state index >= 15 is 0 Å². The van der Waals surface area contributed by atoms with Crippen LogP contribution in [0.15, 0.2) is 153 Å². The molecule has 146 heavy (non-hydrogen) atoms. The standard InChI is InChI=1S/C34H40N4O7Si.C25H31N3O6Si.C24H31NO7Si.C24H33NO6Si/c1-42-30-15-13-24-26-18-31(43-2)34(45-4)33(44-3)25(26)12-14-28(27(24)17-29(30)39)38-20-22(36-37-38)9-16-32(40)35-19-21-7-10-23(11-8-21)46(5,6)41;1-31-22-10-8-16-18-12-23(32-2)25(34-4)24(33-3)17(18)7-9-20(19(16)11-21(22)29)28-13-15(26-27-28)14-35(5,6)30;1-29-20-10-8-14-16-12-21(30-2)24(32-4)23(31-3)15(16)7-9-18(17(14)11-19(20)26)25-22(27)13-33(5,6)28;1-28-21-10-8-15-17-14-22(29-2)24(31-4)23(30-3)16(17)7-9-19(18(15)13-20(21)26)25-11-12-32(5,6)27/h7-8,10-11,13,15,17-18,20,28,41H,9,12,14,16,19H2,1-6H3,(H,35,40);8,10-13,20,30H,7,9,14H2,1-6H3;8,10-12,18,28H,7,9,13H2,1-6H3,(H,25,27);8,10,13-14,19,25,27H,7,9,11-12H2,1-6H3/t28-;20-;18-;19-/m0000/s1. The molecule has 0 unspecified atom stereocenters. The molecule has 7 N–H and O–H groups in total. The van der Waals surface area contributed by atoms with Gasteiger partial charge in [0, 0.05) is 72.2 Å². The van der Waals surface area contributed by atoms with E-state index in [0.29, 0.717) is 144 Å². The number of aromatic nitrogens is 6. The van der Waals surface area contributed by atoms with Crippen LogP contribution in [0.5, 0.6) is 92.0 Å². The number of ether oxygens (including phenoxy) is 16. The van der Waals surface area contributed by atoms with Gasteiger partial charge in [0.25, 0.3) is 0 Å². The summed E-state index contributed by atoms with van der Waals surface area (Å²) in [5.74, 6) is 7.14. The van der Waals surface area contributed by atoms with Crippen LogP contribution in [0.3, 0.4) is 0 Å². The van der Waals surface area contributed by atoms with Gasteiger partial charge in [0.1, 0.15) is 0 Å². The quantitative estimate of drug-likeness (QED) is 0.0188. The molecule has 4 atom stereocenters. The van der Waals surface area contributed by atoms with Crippen molar-refractivity contribution in [2.75, 3.05) is 120 Å². The zero-order valence-corrected chi connectivity index (χ0v) is 91.6. The first kappa shape index (κ1) is 111. The number of methoxy groups -OCH3 is 16. The fourth-order valence-electron chi connectivity index (χ4n) is 19.1. The van der Waals surface area contributed by atoms with E-state index in [4.69, 9.17) is 75.8 Å². The van der Waals surface area contributed by atoms with E-state index in [2.05, 4.69) is 36.6 Å². The van der Waals surface area contributed by atoms with E-state index in [-0.39, 0.29) is 87.1 Å². The van der Waals surface area contributed by atoms with E-state index in [1.165, 1.54) is 34.5 Å². The summed E-state index contributed by atoms with van der Waals surface area (Å²) in [7, 11) is 15.4. The van der Waals surface area contributed by atoms with Crippen molar-refractivity contribution in [2.24, 2.45) is 0 Å². The SMILES string of the molecule is COc1cc2c(c(OC)c1OC)CC[C@H](NC(=O)C[Si](C)(C)O)c1cc(=O)c(OC)ccc1-2.COc1cc2c(c(OC)c1OC)CC[C@H](NCC[Si](C)(C)O)c1cc(=O)c(OC)ccc1-2.COc1cc2c(c(OC)c1OC)CC[C@H](n1cc(CCC(=O)NCc3ccc([Si](C)(C)O)cc3)nn1)c1cc(=O)c(OC)ccc1-2.COc1cc2c(c(OC)c1OC)CC[C@H](n1cc(C[Si](C)(C)O)nn1)c1cc(=O)c(OC)ccc1-2. The third kappa shape index (κ3) is 25.7. The van der Waals surface area contributed by atoms with Crippen molar-refractivity contribution in [3.05, 3.63) is 236 Å². The van der Waals surface area contributed by atoms with Crippen LogP contribution in [0.1, 0.15) is 118 Å². The van der Waals surface area contributed by atoms with Crippen molar-refractivity contribution in [3.63, 3.8) is 0 Å². The average molecular weight is 2080 g/mol. The Morgan fingerprint density at radius 3 is 1.02 bits per heavy atom. The molecule has 0 saturated heterocycles. The lowest BCUT2D eigenvalue weighted by Gasteiger charge is -2.21. The van der Waals surface area contributed by atoms with Crippen LogP contribution >= 0.6 is 0 Å². The number of aryl methyl sites for hydroxylation is 1. The van der Waals surface area contributed by atoms with Gasteiger partial charge in [-0.1, -0.05) is 59.0 Å². The van der Waals surface area contributed by atoms with Crippen molar-refractivity contribution >= 4 is 50.3 Å². The number of carbonyl (C=O) groups is 2. The Bertz CT molecular complexity index is 6820. The van der Waals surface area contributed by atoms with Gasteiger partial charge in [0.05, 0.1) is 143 Å². The van der Waals surface area contributed by atoms with Gasteiger partial charge < -0.3 is 111 Å². The summed E-state index contributed by atoms with van der Waals surface area (Å²) in [5.41, 5.74) is 15.1. The first-order valence-electron chi connectivity index (χ1n) is 47.9. The monoisotopic (exact) mass is 2070 g/mol. The molecule has 0 aliphatic heterocycles. The Morgan fingerprint density at radius 1 is 0.356 bits per heavy atom. The van der Waals surface area contributed by atoms with E-state index in [9.17, 15) is 47.9 Å². The first-order valence-corrected chi connectivity index (χ1v) is 60.3. The Balaban J connectivity index is 0.000000175. The molecule has 0 fully saturated rings. The summed E-state index contributed by atoms with van der Waals surface area (Å²) in [6.07, 6.45) is 9.39. The fourth-order valence-corrected chi connectivity index (χ4v) is 22.8. The molecule has 4 aliphatic rings. The van der Waals surface area contributed by atoms with Crippen molar-refractivity contribution in [1.82, 2.24) is 45.9 Å². The van der Waals surface area contributed by atoms with Crippen molar-refractivity contribution in [2.45, 2.75) is 165 Å². The average Bonchev–Trinajstić information content (AvgIpc) is 1.57. The van der Waals surface area contributed by atoms with Crippen LogP contribution < -0.4 is 119 Å². The molecule has 9 aromatic carbocycles. The maximum Gasteiger partial charge on any atom is 0.220 e. The van der Waals surface area contributed by atoms with Crippen LogP contribution in [-0.2, 0) is 54.3 Å². The molecular weight excluding hydrogens is 1940 g/mol. The molecule has 39 heteroatoms. The maximum atomic E-state index is 13.2. The van der Waals surface area contributed by atoms with Gasteiger partial charge in [-0.05, 0) is 267 Å². The minimum Gasteiger partial charge on any atom is -0.493 e. The zero-order chi connectivity index (χ0) is 106. The maximum absolute atomic E-state index is 13.2. The highest BCUT2D eigenvalue weighted by atomic mass is 28.4. The molecule has 2 heterocycles.